The number of hydrogen-bond donors (Lipinski definition) is 1. The van der Waals surface area contributed by atoms with Gasteiger partial charge in [-0.05, 0) is 6.42 Å². The third-order valence-corrected chi connectivity index (χ3v) is 2.50. The van der Waals surface area contributed by atoms with Crippen LogP contribution in [0.4, 0.5) is 11.6 Å². The largest absolute Gasteiger partial charge is 0.468 e. The van der Waals surface area contributed by atoms with E-state index in [2.05, 4.69) is 14.7 Å². The first-order chi connectivity index (χ1) is 8.10. The summed E-state index contributed by atoms with van der Waals surface area (Å²) in [6.07, 6.45) is 2.16. The topological polar surface area (TPSA) is 81.3 Å². The van der Waals surface area contributed by atoms with Gasteiger partial charge >= 0.3 is 5.97 Å². The Morgan fingerprint density at radius 1 is 1.59 bits per heavy atom. The highest BCUT2D eigenvalue weighted by Crippen LogP contribution is 2.26. The van der Waals surface area contributed by atoms with Crippen molar-refractivity contribution in [3.63, 3.8) is 0 Å². The van der Waals surface area contributed by atoms with E-state index < -0.39 is 0 Å². The van der Waals surface area contributed by atoms with Gasteiger partial charge in [0.1, 0.15) is 23.7 Å². The molecule has 0 radical (unpaired) electrons. The van der Waals surface area contributed by atoms with E-state index in [0.29, 0.717) is 12.4 Å². The lowest BCUT2D eigenvalue weighted by molar-refractivity contribution is -0.138. The molecule has 0 aliphatic carbocycles. The molecule has 1 aromatic heterocycles. The van der Waals surface area contributed by atoms with E-state index in [-0.39, 0.29) is 23.4 Å². The zero-order valence-electron chi connectivity index (χ0n) is 9.81. The van der Waals surface area contributed by atoms with Crippen LogP contribution in [0, 0.1) is 0 Å². The number of rotatable bonds is 5. The maximum atomic E-state index is 11.3. The van der Waals surface area contributed by atoms with Crippen LogP contribution < -0.4 is 10.6 Å². The molecular formula is C10H15ClN4O2. The summed E-state index contributed by atoms with van der Waals surface area (Å²) in [5, 5.41) is 0.254. The second-order valence-electron chi connectivity index (χ2n) is 3.39. The number of nitrogens with two attached hydrogens (primary N) is 1. The van der Waals surface area contributed by atoms with Crippen molar-refractivity contribution in [1.82, 2.24) is 9.97 Å². The SMILES string of the molecule is CCCN(CC(=O)OC)c1ncnc(N)c1Cl. The maximum Gasteiger partial charge on any atom is 0.325 e. The first kappa shape index (κ1) is 13.5. The van der Waals surface area contributed by atoms with Crippen LogP contribution in [0.2, 0.25) is 5.02 Å². The van der Waals surface area contributed by atoms with E-state index in [1.165, 1.54) is 13.4 Å². The highest BCUT2D eigenvalue weighted by atomic mass is 35.5. The van der Waals surface area contributed by atoms with Crippen molar-refractivity contribution in [3.05, 3.63) is 11.3 Å². The molecule has 2 N–H and O–H groups in total. The molecule has 1 aromatic rings. The van der Waals surface area contributed by atoms with Gasteiger partial charge in [0.05, 0.1) is 7.11 Å². The fraction of sp³-hybridized carbons (Fsp3) is 0.500. The number of halogens is 1. The molecule has 0 fully saturated rings. The predicted molar refractivity (Wildman–Crippen MR) is 66.0 cm³/mol. The van der Waals surface area contributed by atoms with E-state index in [0.717, 1.165) is 6.42 Å². The molecule has 0 aliphatic rings. The standard InChI is InChI=1S/C10H15ClN4O2/c1-3-4-15(5-7(16)17-2)10-8(11)9(12)13-6-14-10/h6H,3-5H2,1-2H3,(H2,12,13,14). The lowest BCUT2D eigenvalue weighted by Crippen LogP contribution is -2.32. The quantitative estimate of drug-likeness (QED) is 0.797. The van der Waals surface area contributed by atoms with Gasteiger partial charge in [0.15, 0.2) is 5.82 Å². The second-order valence-corrected chi connectivity index (χ2v) is 3.77. The van der Waals surface area contributed by atoms with Gasteiger partial charge in [-0.3, -0.25) is 4.79 Å². The van der Waals surface area contributed by atoms with Crippen LogP contribution in [0.3, 0.4) is 0 Å². The number of carbonyl (C=O) groups excluding carboxylic acids is 1. The molecule has 0 unspecified atom stereocenters. The molecule has 0 saturated heterocycles. The van der Waals surface area contributed by atoms with Crippen LogP contribution in [0.5, 0.6) is 0 Å². The Labute approximate surface area is 105 Å². The minimum atomic E-state index is -0.355. The highest BCUT2D eigenvalue weighted by Gasteiger charge is 2.17. The number of nitrogens with zero attached hydrogens (tertiary/aromatic N) is 3. The normalized spacial score (nSPS) is 10.1. The first-order valence-electron chi connectivity index (χ1n) is 5.17. The molecule has 17 heavy (non-hydrogen) atoms. The van der Waals surface area contributed by atoms with Crippen molar-refractivity contribution in [2.24, 2.45) is 0 Å². The van der Waals surface area contributed by atoms with Crippen LogP contribution in [0.1, 0.15) is 13.3 Å². The van der Waals surface area contributed by atoms with Crippen molar-refractivity contribution in [1.29, 1.82) is 0 Å². The molecule has 0 aromatic carbocycles. The van der Waals surface area contributed by atoms with Gasteiger partial charge in [0.25, 0.3) is 0 Å². The molecule has 0 aliphatic heterocycles. The fourth-order valence-corrected chi connectivity index (χ4v) is 1.56. The molecule has 1 rings (SSSR count). The zero-order chi connectivity index (χ0) is 12.8. The number of esters is 1. The smallest absolute Gasteiger partial charge is 0.325 e. The first-order valence-corrected chi connectivity index (χ1v) is 5.55. The Balaban J connectivity index is 2.96. The number of anilines is 2. The molecule has 1 heterocycles. The Morgan fingerprint density at radius 3 is 2.88 bits per heavy atom. The van der Waals surface area contributed by atoms with Gasteiger partial charge in [-0.1, -0.05) is 18.5 Å². The second kappa shape index (κ2) is 6.24. The van der Waals surface area contributed by atoms with Crippen molar-refractivity contribution in [3.8, 4) is 0 Å². The molecule has 0 atom stereocenters. The Kier molecular flexibility index (Phi) is 4.96. The van der Waals surface area contributed by atoms with Crippen molar-refractivity contribution >= 4 is 29.2 Å². The van der Waals surface area contributed by atoms with Crippen LogP contribution in [0.15, 0.2) is 6.33 Å². The highest BCUT2D eigenvalue weighted by molar-refractivity contribution is 6.35. The number of carbonyl (C=O) groups is 1. The summed E-state index contributed by atoms with van der Waals surface area (Å²) < 4.78 is 4.62. The van der Waals surface area contributed by atoms with Crippen molar-refractivity contribution < 1.29 is 9.53 Å². The Hall–Kier alpha value is -1.56. The van der Waals surface area contributed by atoms with E-state index in [9.17, 15) is 4.79 Å². The molecule has 94 valence electrons. The third-order valence-electron chi connectivity index (χ3n) is 2.14. The van der Waals surface area contributed by atoms with Crippen LogP contribution in [-0.4, -0.2) is 36.1 Å². The predicted octanol–water partition coefficient (Wildman–Crippen LogP) is 1.10. The number of hydrogen-bond acceptors (Lipinski definition) is 6. The minimum absolute atomic E-state index is 0.0838. The Morgan fingerprint density at radius 2 is 2.29 bits per heavy atom. The van der Waals surface area contributed by atoms with E-state index in [1.807, 2.05) is 6.92 Å². The number of aromatic nitrogens is 2. The summed E-state index contributed by atoms with van der Waals surface area (Å²) in [5.41, 5.74) is 5.59. The Bertz CT molecular complexity index is 400. The van der Waals surface area contributed by atoms with Crippen LogP contribution >= 0.6 is 11.6 Å². The molecule has 0 spiro atoms. The van der Waals surface area contributed by atoms with Crippen molar-refractivity contribution in [2.45, 2.75) is 13.3 Å². The van der Waals surface area contributed by atoms with Crippen LogP contribution in [0.25, 0.3) is 0 Å². The van der Waals surface area contributed by atoms with E-state index >= 15 is 0 Å². The van der Waals surface area contributed by atoms with Gasteiger partial charge < -0.3 is 15.4 Å². The third kappa shape index (κ3) is 3.45. The van der Waals surface area contributed by atoms with E-state index in [1.54, 1.807) is 4.90 Å². The van der Waals surface area contributed by atoms with Gasteiger partial charge in [0.2, 0.25) is 0 Å². The molecular weight excluding hydrogens is 244 g/mol. The summed E-state index contributed by atoms with van der Waals surface area (Å²) in [6, 6.07) is 0. The average molecular weight is 259 g/mol. The lowest BCUT2D eigenvalue weighted by atomic mass is 10.3. The van der Waals surface area contributed by atoms with Crippen molar-refractivity contribution in [2.75, 3.05) is 30.8 Å². The summed E-state index contributed by atoms with van der Waals surface area (Å²) in [4.78, 5) is 20.8. The fourth-order valence-electron chi connectivity index (χ4n) is 1.34. The maximum absolute atomic E-state index is 11.3. The minimum Gasteiger partial charge on any atom is -0.468 e. The summed E-state index contributed by atoms with van der Waals surface area (Å²) >= 11 is 6.01. The zero-order valence-corrected chi connectivity index (χ0v) is 10.6. The van der Waals surface area contributed by atoms with Gasteiger partial charge in [-0.15, -0.1) is 0 Å². The van der Waals surface area contributed by atoms with E-state index in [4.69, 9.17) is 17.3 Å². The summed E-state index contributed by atoms with van der Waals surface area (Å²) in [5.74, 6) is 0.292. The molecule has 7 heteroatoms. The van der Waals surface area contributed by atoms with Gasteiger partial charge in [0, 0.05) is 6.54 Å². The summed E-state index contributed by atoms with van der Waals surface area (Å²) in [6.45, 7) is 2.70. The van der Waals surface area contributed by atoms with Crippen LogP contribution in [-0.2, 0) is 9.53 Å². The van der Waals surface area contributed by atoms with Gasteiger partial charge in [-0.2, -0.15) is 0 Å². The number of methoxy groups -OCH3 is 1. The number of ether oxygens (including phenoxy) is 1. The molecule has 0 saturated carbocycles. The lowest BCUT2D eigenvalue weighted by Gasteiger charge is -2.22. The molecule has 6 nitrogen and oxygen atoms in total. The molecule has 0 amide bonds. The van der Waals surface area contributed by atoms with Gasteiger partial charge in [-0.25, -0.2) is 9.97 Å². The number of nitrogen functional groups attached to an aromatic ring is 1. The summed E-state index contributed by atoms with van der Waals surface area (Å²) in [7, 11) is 1.34. The monoisotopic (exact) mass is 258 g/mol. The average Bonchev–Trinajstić information content (AvgIpc) is 2.32. The molecule has 0 bridgehead atoms.